The highest BCUT2D eigenvalue weighted by molar-refractivity contribution is 8.19. The van der Waals surface area contributed by atoms with Gasteiger partial charge in [-0.25, -0.2) is 4.90 Å². The number of nitrogens with zero attached hydrogens (tertiary/aromatic N) is 2. The van der Waals surface area contributed by atoms with Crippen molar-refractivity contribution in [3.8, 4) is 0 Å². The summed E-state index contributed by atoms with van der Waals surface area (Å²) in [7, 11) is 0. The van der Waals surface area contributed by atoms with Crippen molar-refractivity contribution in [3.05, 3.63) is 64.8 Å². The normalized spacial score (nSPS) is 16.8. The van der Waals surface area contributed by atoms with E-state index in [0.29, 0.717) is 10.6 Å². The maximum absolute atomic E-state index is 12.4. The molecule has 0 aliphatic carbocycles. The lowest BCUT2D eigenvalue weighted by atomic mass is 10.2. The molecule has 4 nitrogen and oxygen atoms in total. The average molecular weight is 296 g/mol. The molecule has 104 valence electrons. The molecule has 0 radical (unpaired) electrons. The predicted octanol–water partition coefficient (Wildman–Crippen LogP) is 3.63. The zero-order valence-electron chi connectivity index (χ0n) is 11.3. The maximum Gasteiger partial charge on any atom is 0.298 e. The molecule has 0 N–H and O–H groups in total. The summed E-state index contributed by atoms with van der Waals surface area (Å²) in [5.74, 6) is -0.285. The largest absolute Gasteiger partial charge is 0.298 e. The van der Waals surface area contributed by atoms with Crippen molar-refractivity contribution in [3.63, 3.8) is 0 Å². The van der Waals surface area contributed by atoms with Crippen LogP contribution in [0.5, 0.6) is 0 Å². The molecule has 1 aliphatic heterocycles. The summed E-state index contributed by atoms with van der Waals surface area (Å²) in [4.78, 5) is 30.1. The Balaban J connectivity index is 1.94. The third-order valence-electron chi connectivity index (χ3n) is 3.06. The van der Waals surface area contributed by atoms with Gasteiger partial charge in [0.1, 0.15) is 0 Å². The zero-order chi connectivity index (χ0) is 14.8. The number of aryl methyl sites for hydroxylation is 1. The number of aromatic nitrogens is 1. The van der Waals surface area contributed by atoms with Crippen molar-refractivity contribution in [2.45, 2.75) is 6.92 Å². The first-order valence-electron chi connectivity index (χ1n) is 6.40. The second-order valence-electron chi connectivity index (χ2n) is 4.64. The van der Waals surface area contributed by atoms with Crippen LogP contribution in [0.4, 0.5) is 10.5 Å². The van der Waals surface area contributed by atoms with Gasteiger partial charge in [0.25, 0.3) is 11.1 Å². The van der Waals surface area contributed by atoms with E-state index < -0.39 is 0 Å². The van der Waals surface area contributed by atoms with E-state index in [2.05, 4.69) is 4.98 Å². The molecule has 0 atom stereocenters. The molecule has 1 saturated heterocycles. The summed E-state index contributed by atoms with van der Waals surface area (Å²) >= 11 is 0.955. The Morgan fingerprint density at radius 3 is 2.62 bits per heavy atom. The standard InChI is InChI=1S/C16H12N2O2S/c1-11-3-2-4-13(9-11)18-15(19)14(21-16(18)20)10-12-5-7-17-8-6-12/h2-10H,1H3/b14-10-. The van der Waals surface area contributed by atoms with Crippen LogP contribution in [-0.2, 0) is 4.79 Å². The maximum atomic E-state index is 12.4. The van der Waals surface area contributed by atoms with Crippen LogP contribution in [0.25, 0.3) is 6.08 Å². The average Bonchev–Trinajstić information content (AvgIpc) is 2.74. The van der Waals surface area contributed by atoms with E-state index in [1.54, 1.807) is 36.7 Å². The fraction of sp³-hybridized carbons (Fsp3) is 0.0625. The van der Waals surface area contributed by atoms with Gasteiger partial charge in [0.05, 0.1) is 10.6 Å². The van der Waals surface area contributed by atoms with Gasteiger partial charge < -0.3 is 0 Å². The Hall–Kier alpha value is -2.40. The van der Waals surface area contributed by atoms with Gasteiger partial charge in [-0.15, -0.1) is 0 Å². The van der Waals surface area contributed by atoms with Crippen LogP contribution in [0.2, 0.25) is 0 Å². The lowest BCUT2D eigenvalue weighted by Gasteiger charge is -2.12. The van der Waals surface area contributed by atoms with Crippen molar-refractivity contribution in [2.24, 2.45) is 0 Å². The van der Waals surface area contributed by atoms with E-state index in [0.717, 1.165) is 22.9 Å². The van der Waals surface area contributed by atoms with E-state index in [1.165, 1.54) is 4.90 Å². The third-order valence-corrected chi connectivity index (χ3v) is 3.93. The summed E-state index contributed by atoms with van der Waals surface area (Å²) < 4.78 is 0. The molecule has 1 aliphatic rings. The molecule has 0 saturated carbocycles. The van der Waals surface area contributed by atoms with Crippen LogP contribution in [0.15, 0.2) is 53.7 Å². The van der Waals surface area contributed by atoms with Gasteiger partial charge in [-0.2, -0.15) is 0 Å². The number of benzene rings is 1. The number of rotatable bonds is 2. The number of hydrogen-bond acceptors (Lipinski definition) is 4. The smallest absolute Gasteiger partial charge is 0.268 e. The molecule has 1 fully saturated rings. The van der Waals surface area contributed by atoms with Crippen LogP contribution in [0.3, 0.4) is 0 Å². The van der Waals surface area contributed by atoms with Gasteiger partial charge in [0, 0.05) is 12.4 Å². The summed E-state index contributed by atoms with van der Waals surface area (Å²) in [6, 6.07) is 10.9. The number of anilines is 1. The fourth-order valence-electron chi connectivity index (χ4n) is 2.07. The van der Waals surface area contributed by atoms with E-state index in [9.17, 15) is 9.59 Å². The number of thioether (sulfide) groups is 1. The van der Waals surface area contributed by atoms with Gasteiger partial charge in [-0.1, -0.05) is 12.1 Å². The van der Waals surface area contributed by atoms with Gasteiger partial charge in [0.15, 0.2) is 0 Å². The van der Waals surface area contributed by atoms with E-state index in [1.807, 2.05) is 25.1 Å². The molecule has 2 amide bonds. The Kier molecular flexibility index (Phi) is 3.58. The number of amides is 2. The van der Waals surface area contributed by atoms with Gasteiger partial charge in [-0.3, -0.25) is 14.6 Å². The molecule has 21 heavy (non-hydrogen) atoms. The van der Waals surface area contributed by atoms with Crippen LogP contribution in [0, 0.1) is 6.92 Å². The second-order valence-corrected chi connectivity index (χ2v) is 5.63. The lowest BCUT2D eigenvalue weighted by Crippen LogP contribution is -2.27. The van der Waals surface area contributed by atoms with Crippen molar-refractivity contribution in [1.82, 2.24) is 4.98 Å². The quantitative estimate of drug-likeness (QED) is 0.794. The van der Waals surface area contributed by atoms with Crippen LogP contribution in [-0.4, -0.2) is 16.1 Å². The number of imide groups is 1. The lowest BCUT2D eigenvalue weighted by molar-refractivity contribution is -0.113. The molecule has 0 bridgehead atoms. The molecule has 1 aromatic heterocycles. The third kappa shape index (κ3) is 2.73. The van der Waals surface area contributed by atoms with Crippen molar-refractivity contribution >= 4 is 34.7 Å². The molecule has 0 spiro atoms. The first kappa shape index (κ1) is 13.6. The highest BCUT2D eigenvalue weighted by atomic mass is 32.2. The van der Waals surface area contributed by atoms with Gasteiger partial charge in [0.2, 0.25) is 0 Å². The van der Waals surface area contributed by atoms with E-state index >= 15 is 0 Å². The zero-order valence-corrected chi connectivity index (χ0v) is 12.1. The van der Waals surface area contributed by atoms with Crippen molar-refractivity contribution < 1.29 is 9.59 Å². The number of carbonyl (C=O) groups is 2. The summed E-state index contributed by atoms with van der Waals surface area (Å²) in [6.07, 6.45) is 5.01. The van der Waals surface area contributed by atoms with E-state index in [-0.39, 0.29) is 11.1 Å². The molecule has 2 heterocycles. The summed E-state index contributed by atoms with van der Waals surface area (Å²) in [5.41, 5.74) is 2.46. The molecule has 5 heteroatoms. The minimum atomic E-state index is -0.285. The van der Waals surface area contributed by atoms with Crippen molar-refractivity contribution in [1.29, 1.82) is 0 Å². The first-order valence-corrected chi connectivity index (χ1v) is 7.21. The predicted molar refractivity (Wildman–Crippen MR) is 83.9 cm³/mol. The van der Waals surface area contributed by atoms with Gasteiger partial charge >= 0.3 is 0 Å². The van der Waals surface area contributed by atoms with Crippen LogP contribution in [0.1, 0.15) is 11.1 Å². The molecule has 1 aromatic carbocycles. The Morgan fingerprint density at radius 2 is 1.90 bits per heavy atom. The number of pyridine rings is 1. The van der Waals surface area contributed by atoms with Gasteiger partial charge in [-0.05, 0) is 60.2 Å². The Labute approximate surface area is 126 Å². The fourth-order valence-corrected chi connectivity index (χ4v) is 2.91. The minimum absolute atomic E-state index is 0.272. The summed E-state index contributed by atoms with van der Waals surface area (Å²) in [5, 5.41) is -0.272. The minimum Gasteiger partial charge on any atom is -0.268 e. The number of carbonyl (C=O) groups excluding carboxylic acids is 2. The molecule has 2 aromatic rings. The highest BCUT2D eigenvalue weighted by Crippen LogP contribution is 2.35. The molecule has 3 rings (SSSR count). The van der Waals surface area contributed by atoms with Crippen molar-refractivity contribution in [2.75, 3.05) is 4.90 Å². The Morgan fingerprint density at radius 1 is 1.14 bits per heavy atom. The molecular formula is C16H12N2O2S. The molecule has 0 unspecified atom stereocenters. The van der Waals surface area contributed by atoms with E-state index in [4.69, 9.17) is 0 Å². The Bertz CT molecular complexity index is 741. The topological polar surface area (TPSA) is 50.3 Å². The monoisotopic (exact) mass is 296 g/mol. The number of hydrogen-bond donors (Lipinski definition) is 0. The molecular weight excluding hydrogens is 284 g/mol. The SMILES string of the molecule is Cc1cccc(N2C(=O)S/C(=C\c3ccncc3)C2=O)c1. The van der Waals surface area contributed by atoms with Crippen LogP contribution >= 0.6 is 11.8 Å². The highest BCUT2D eigenvalue weighted by Gasteiger charge is 2.36. The van der Waals surface area contributed by atoms with Crippen LogP contribution < -0.4 is 4.90 Å². The summed E-state index contributed by atoms with van der Waals surface area (Å²) in [6.45, 7) is 1.93. The first-order chi connectivity index (χ1) is 10.1. The second kappa shape index (κ2) is 5.54.